The van der Waals surface area contributed by atoms with Gasteiger partial charge in [0.1, 0.15) is 0 Å². The van der Waals surface area contributed by atoms with Gasteiger partial charge in [-0.15, -0.1) is 0 Å². The van der Waals surface area contributed by atoms with Crippen LogP contribution in [0.3, 0.4) is 0 Å². The summed E-state index contributed by atoms with van der Waals surface area (Å²) >= 11 is 0. The Bertz CT molecular complexity index is 386. The van der Waals surface area contributed by atoms with E-state index in [9.17, 15) is 4.79 Å². The highest BCUT2D eigenvalue weighted by Crippen LogP contribution is 2.14. The summed E-state index contributed by atoms with van der Waals surface area (Å²) < 4.78 is 0. The van der Waals surface area contributed by atoms with Gasteiger partial charge in [0.2, 0.25) is 5.91 Å². The maximum absolute atomic E-state index is 11.6. The van der Waals surface area contributed by atoms with Gasteiger partial charge >= 0.3 is 0 Å². The molecule has 0 atom stereocenters. The molecular formula is C14H22N2O. The molecule has 1 rings (SSSR count). The van der Waals surface area contributed by atoms with Gasteiger partial charge in [-0.05, 0) is 31.9 Å². The van der Waals surface area contributed by atoms with Gasteiger partial charge in [0, 0.05) is 20.1 Å². The zero-order chi connectivity index (χ0) is 12.9. The maximum Gasteiger partial charge on any atom is 0.226 e. The predicted octanol–water partition coefficient (Wildman–Crippen LogP) is 1.86. The average molecular weight is 234 g/mol. The number of rotatable bonds is 5. The van der Waals surface area contributed by atoms with Crippen LogP contribution in [0.5, 0.6) is 0 Å². The third-order valence-corrected chi connectivity index (χ3v) is 2.99. The van der Waals surface area contributed by atoms with Crippen molar-refractivity contribution in [3.8, 4) is 0 Å². The molecule has 0 bridgehead atoms. The number of hydrogen-bond acceptors (Lipinski definition) is 2. The first-order chi connectivity index (χ1) is 7.97. The number of hydrogen-bond donors (Lipinski definition) is 2. The van der Waals surface area contributed by atoms with Crippen molar-refractivity contribution in [2.75, 3.05) is 13.6 Å². The van der Waals surface area contributed by atoms with Crippen LogP contribution in [0.15, 0.2) is 24.3 Å². The second-order valence-electron chi connectivity index (χ2n) is 4.99. The summed E-state index contributed by atoms with van der Waals surface area (Å²) in [6.45, 7) is 7.45. The van der Waals surface area contributed by atoms with Crippen LogP contribution in [-0.2, 0) is 11.3 Å². The van der Waals surface area contributed by atoms with Gasteiger partial charge in [-0.2, -0.15) is 0 Å². The predicted molar refractivity (Wildman–Crippen MR) is 70.7 cm³/mol. The molecule has 1 amide bonds. The molecule has 0 spiro atoms. The summed E-state index contributed by atoms with van der Waals surface area (Å²) in [5.74, 6) is 0.0646. The topological polar surface area (TPSA) is 41.1 Å². The van der Waals surface area contributed by atoms with Gasteiger partial charge in [-0.3, -0.25) is 4.79 Å². The van der Waals surface area contributed by atoms with E-state index in [1.807, 2.05) is 26.0 Å². The minimum atomic E-state index is -0.378. The molecule has 3 nitrogen and oxygen atoms in total. The third kappa shape index (κ3) is 3.86. The molecule has 0 saturated heterocycles. The molecule has 0 fully saturated rings. The van der Waals surface area contributed by atoms with Crippen LogP contribution >= 0.6 is 0 Å². The van der Waals surface area contributed by atoms with Gasteiger partial charge < -0.3 is 10.6 Å². The number of carbonyl (C=O) groups is 1. The lowest BCUT2D eigenvalue weighted by molar-refractivity contribution is -0.128. The normalized spacial score (nSPS) is 11.3. The van der Waals surface area contributed by atoms with Crippen molar-refractivity contribution >= 4 is 5.91 Å². The van der Waals surface area contributed by atoms with Crippen LogP contribution in [0, 0.1) is 12.3 Å². The van der Waals surface area contributed by atoms with Gasteiger partial charge in [0.05, 0.1) is 5.41 Å². The number of carbonyl (C=O) groups excluding carboxylic acids is 1. The second kappa shape index (κ2) is 5.82. The number of nitrogens with one attached hydrogen (secondary N) is 2. The molecule has 0 saturated carbocycles. The molecular weight excluding hydrogens is 212 g/mol. The summed E-state index contributed by atoms with van der Waals surface area (Å²) in [5.41, 5.74) is 2.18. The van der Waals surface area contributed by atoms with Crippen LogP contribution < -0.4 is 10.6 Å². The van der Waals surface area contributed by atoms with E-state index in [0.717, 1.165) is 6.54 Å². The van der Waals surface area contributed by atoms with E-state index >= 15 is 0 Å². The van der Waals surface area contributed by atoms with Crippen molar-refractivity contribution in [3.05, 3.63) is 35.4 Å². The van der Waals surface area contributed by atoms with E-state index in [2.05, 4.69) is 29.7 Å². The molecule has 17 heavy (non-hydrogen) atoms. The number of aryl methyl sites for hydroxylation is 1. The Balaban J connectivity index is 2.48. The second-order valence-corrected chi connectivity index (χ2v) is 4.99. The molecule has 0 radical (unpaired) electrons. The fraction of sp³-hybridized carbons (Fsp3) is 0.500. The SMILES string of the molecule is CNC(=O)C(C)(C)CNCc1ccccc1C. The van der Waals surface area contributed by atoms with Crippen molar-refractivity contribution in [2.24, 2.45) is 5.41 Å². The summed E-state index contributed by atoms with van der Waals surface area (Å²) in [7, 11) is 1.67. The average Bonchev–Trinajstić information content (AvgIpc) is 2.30. The van der Waals surface area contributed by atoms with Crippen LogP contribution in [0.25, 0.3) is 0 Å². The molecule has 0 unspecified atom stereocenters. The Morgan fingerprint density at radius 1 is 1.29 bits per heavy atom. The Labute approximate surface area is 104 Å². The Kier molecular flexibility index (Phi) is 4.70. The highest BCUT2D eigenvalue weighted by molar-refractivity contribution is 5.81. The Morgan fingerprint density at radius 3 is 2.53 bits per heavy atom. The minimum absolute atomic E-state index is 0.0646. The van der Waals surface area contributed by atoms with Crippen LogP contribution in [0.2, 0.25) is 0 Å². The van der Waals surface area contributed by atoms with E-state index in [4.69, 9.17) is 0 Å². The first kappa shape index (κ1) is 13.7. The lowest BCUT2D eigenvalue weighted by Gasteiger charge is -2.23. The number of benzene rings is 1. The van der Waals surface area contributed by atoms with Crippen molar-refractivity contribution in [1.82, 2.24) is 10.6 Å². The first-order valence-electron chi connectivity index (χ1n) is 5.95. The zero-order valence-electron chi connectivity index (χ0n) is 11.1. The van der Waals surface area contributed by atoms with E-state index in [0.29, 0.717) is 6.54 Å². The van der Waals surface area contributed by atoms with Crippen molar-refractivity contribution < 1.29 is 4.79 Å². The van der Waals surface area contributed by atoms with Crippen molar-refractivity contribution in [3.63, 3.8) is 0 Å². The zero-order valence-corrected chi connectivity index (χ0v) is 11.1. The van der Waals surface area contributed by atoms with Crippen LogP contribution in [0.1, 0.15) is 25.0 Å². The Morgan fingerprint density at radius 2 is 1.94 bits per heavy atom. The smallest absolute Gasteiger partial charge is 0.226 e. The minimum Gasteiger partial charge on any atom is -0.359 e. The van der Waals surface area contributed by atoms with Gasteiger partial charge in [0.25, 0.3) is 0 Å². The van der Waals surface area contributed by atoms with Gasteiger partial charge in [-0.25, -0.2) is 0 Å². The van der Waals surface area contributed by atoms with E-state index < -0.39 is 0 Å². The summed E-state index contributed by atoms with van der Waals surface area (Å²) in [6, 6.07) is 8.28. The summed E-state index contributed by atoms with van der Waals surface area (Å²) in [6.07, 6.45) is 0. The van der Waals surface area contributed by atoms with E-state index in [1.165, 1.54) is 11.1 Å². The van der Waals surface area contributed by atoms with Gasteiger partial charge in [-0.1, -0.05) is 24.3 Å². The molecule has 0 aromatic heterocycles. The highest BCUT2D eigenvalue weighted by Gasteiger charge is 2.25. The summed E-state index contributed by atoms with van der Waals surface area (Å²) in [5, 5.41) is 6.02. The lowest BCUT2D eigenvalue weighted by atomic mass is 9.92. The van der Waals surface area contributed by atoms with Crippen LogP contribution in [-0.4, -0.2) is 19.5 Å². The quantitative estimate of drug-likeness (QED) is 0.816. The lowest BCUT2D eigenvalue weighted by Crippen LogP contribution is -2.41. The molecule has 0 aliphatic carbocycles. The molecule has 94 valence electrons. The standard InChI is InChI=1S/C14H22N2O/c1-11-7-5-6-8-12(11)9-16-10-14(2,3)13(17)15-4/h5-8,16H,9-10H2,1-4H3,(H,15,17). The van der Waals surface area contributed by atoms with E-state index in [1.54, 1.807) is 7.05 Å². The molecule has 1 aromatic rings. The molecule has 3 heteroatoms. The monoisotopic (exact) mass is 234 g/mol. The summed E-state index contributed by atoms with van der Waals surface area (Å²) in [4.78, 5) is 11.6. The molecule has 0 heterocycles. The first-order valence-corrected chi connectivity index (χ1v) is 5.95. The third-order valence-electron chi connectivity index (χ3n) is 2.99. The fourth-order valence-electron chi connectivity index (χ4n) is 1.74. The Hall–Kier alpha value is -1.35. The van der Waals surface area contributed by atoms with Crippen molar-refractivity contribution in [1.29, 1.82) is 0 Å². The molecule has 0 aliphatic heterocycles. The molecule has 0 aliphatic rings. The van der Waals surface area contributed by atoms with E-state index in [-0.39, 0.29) is 11.3 Å². The number of amides is 1. The molecule has 1 aromatic carbocycles. The maximum atomic E-state index is 11.6. The fourth-order valence-corrected chi connectivity index (χ4v) is 1.74. The van der Waals surface area contributed by atoms with Gasteiger partial charge in [0.15, 0.2) is 0 Å². The van der Waals surface area contributed by atoms with Crippen molar-refractivity contribution in [2.45, 2.75) is 27.3 Å². The largest absolute Gasteiger partial charge is 0.359 e. The highest BCUT2D eigenvalue weighted by atomic mass is 16.2. The molecule has 2 N–H and O–H groups in total. The van der Waals surface area contributed by atoms with Crippen LogP contribution in [0.4, 0.5) is 0 Å².